The smallest absolute Gasteiger partial charge is 0.340 e. The Kier molecular flexibility index (Phi) is 2.99. The Morgan fingerprint density at radius 1 is 1.50 bits per heavy atom. The Morgan fingerprint density at radius 2 is 2.25 bits per heavy atom. The van der Waals surface area contributed by atoms with Crippen LogP contribution in [0.2, 0.25) is 0 Å². The molecular weight excluding hydrogens is 204 g/mol. The van der Waals surface area contributed by atoms with Gasteiger partial charge in [-0.3, -0.25) is 0 Å². The molecule has 0 bridgehead atoms. The molecule has 3 N–H and O–H groups in total. The molecule has 0 radical (unpaired) electrons. The Balaban J connectivity index is 2.28. The lowest BCUT2D eigenvalue weighted by Gasteiger charge is -2.28. The molecule has 1 saturated carbocycles. The van der Waals surface area contributed by atoms with Gasteiger partial charge in [0.25, 0.3) is 0 Å². The average molecular weight is 220 g/mol. The van der Waals surface area contributed by atoms with Gasteiger partial charge < -0.3 is 15.8 Å². The molecule has 0 heterocycles. The molecule has 1 aromatic rings. The fourth-order valence-electron chi connectivity index (χ4n) is 1.77. The van der Waals surface area contributed by atoms with E-state index in [1.807, 2.05) is 0 Å². The van der Waals surface area contributed by atoms with Gasteiger partial charge in [0.05, 0.1) is 24.0 Å². The number of para-hydroxylation sites is 1. The monoisotopic (exact) mass is 220 g/mol. The highest BCUT2D eigenvalue weighted by Gasteiger charge is 2.21. The zero-order valence-electron chi connectivity index (χ0n) is 9.32. The fraction of sp³-hybridized carbons (Fsp3) is 0.417. The van der Waals surface area contributed by atoms with Gasteiger partial charge in [-0.15, -0.1) is 0 Å². The first-order valence-corrected chi connectivity index (χ1v) is 5.45. The normalized spacial score (nSPS) is 15.3. The highest BCUT2D eigenvalue weighted by Crippen LogP contribution is 2.29. The van der Waals surface area contributed by atoms with Gasteiger partial charge in [-0.1, -0.05) is 6.07 Å². The molecule has 1 aliphatic rings. The van der Waals surface area contributed by atoms with E-state index >= 15 is 0 Å². The van der Waals surface area contributed by atoms with Crippen LogP contribution in [-0.2, 0) is 4.74 Å². The van der Waals surface area contributed by atoms with Crippen molar-refractivity contribution in [3.63, 3.8) is 0 Å². The van der Waals surface area contributed by atoms with Gasteiger partial charge in [-0.05, 0) is 31.4 Å². The molecule has 0 aromatic heterocycles. The zero-order valence-corrected chi connectivity index (χ0v) is 9.32. The van der Waals surface area contributed by atoms with Gasteiger partial charge in [0.1, 0.15) is 0 Å². The van der Waals surface area contributed by atoms with Crippen LogP contribution in [0.5, 0.6) is 0 Å². The van der Waals surface area contributed by atoms with Crippen molar-refractivity contribution in [3.8, 4) is 0 Å². The lowest BCUT2D eigenvalue weighted by Crippen LogP contribution is -2.28. The summed E-state index contributed by atoms with van der Waals surface area (Å²) in [6.45, 7) is 0. The highest BCUT2D eigenvalue weighted by atomic mass is 16.5. The van der Waals surface area contributed by atoms with Crippen molar-refractivity contribution in [2.45, 2.75) is 25.3 Å². The number of nitrogen functional groups attached to an aromatic ring is 1. The number of carbonyl (C=O) groups is 1. The number of esters is 1. The maximum atomic E-state index is 11.6. The molecule has 1 aliphatic carbocycles. The quantitative estimate of drug-likeness (QED) is 0.604. The van der Waals surface area contributed by atoms with E-state index in [1.165, 1.54) is 13.5 Å². The van der Waals surface area contributed by atoms with E-state index in [9.17, 15) is 4.79 Å². The number of hydrogen-bond donors (Lipinski definition) is 2. The van der Waals surface area contributed by atoms with Crippen molar-refractivity contribution in [1.29, 1.82) is 0 Å². The third-order valence-corrected chi connectivity index (χ3v) is 2.96. The molecule has 86 valence electrons. The Morgan fingerprint density at radius 3 is 2.81 bits per heavy atom. The number of benzene rings is 1. The summed E-state index contributed by atoms with van der Waals surface area (Å²) in [4.78, 5) is 11.6. The van der Waals surface area contributed by atoms with Gasteiger partial charge >= 0.3 is 5.97 Å². The lowest BCUT2D eigenvalue weighted by atomic mass is 9.92. The van der Waals surface area contributed by atoms with Gasteiger partial charge in [0, 0.05) is 6.04 Å². The van der Waals surface area contributed by atoms with Crippen molar-refractivity contribution in [2.75, 3.05) is 18.2 Å². The van der Waals surface area contributed by atoms with E-state index in [0.29, 0.717) is 23.0 Å². The van der Waals surface area contributed by atoms with Crippen LogP contribution in [0.15, 0.2) is 18.2 Å². The van der Waals surface area contributed by atoms with Crippen LogP contribution in [0, 0.1) is 0 Å². The van der Waals surface area contributed by atoms with Crippen LogP contribution < -0.4 is 11.1 Å². The summed E-state index contributed by atoms with van der Waals surface area (Å²) in [7, 11) is 1.37. The third kappa shape index (κ3) is 1.96. The SMILES string of the molecule is COC(=O)c1cccc(N)c1NC1CCC1. The summed E-state index contributed by atoms with van der Waals surface area (Å²) in [5, 5.41) is 3.30. The second kappa shape index (κ2) is 4.43. The molecule has 1 aromatic carbocycles. The molecule has 0 aliphatic heterocycles. The maximum absolute atomic E-state index is 11.6. The molecule has 0 amide bonds. The third-order valence-electron chi connectivity index (χ3n) is 2.96. The fourth-order valence-corrected chi connectivity index (χ4v) is 1.77. The van der Waals surface area contributed by atoms with E-state index < -0.39 is 0 Å². The molecule has 2 rings (SSSR count). The maximum Gasteiger partial charge on any atom is 0.340 e. The van der Waals surface area contributed by atoms with E-state index in [4.69, 9.17) is 10.5 Å². The predicted molar refractivity (Wildman–Crippen MR) is 63.5 cm³/mol. The van der Waals surface area contributed by atoms with Crippen LogP contribution in [0.3, 0.4) is 0 Å². The second-order valence-corrected chi connectivity index (χ2v) is 4.03. The number of anilines is 2. The number of carbonyl (C=O) groups excluding carboxylic acids is 1. The highest BCUT2D eigenvalue weighted by molar-refractivity contribution is 5.98. The molecule has 4 heteroatoms. The average Bonchev–Trinajstić information content (AvgIpc) is 2.23. The molecular formula is C12H16N2O2. The first-order chi connectivity index (χ1) is 7.72. The van der Waals surface area contributed by atoms with Crippen molar-refractivity contribution < 1.29 is 9.53 Å². The van der Waals surface area contributed by atoms with Gasteiger partial charge in [-0.2, -0.15) is 0 Å². The number of rotatable bonds is 3. The number of hydrogen-bond acceptors (Lipinski definition) is 4. The van der Waals surface area contributed by atoms with E-state index in [0.717, 1.165) is 12.8 Å². The molecule has 16 heavy (non-hydrogen) atoms. The minimum absolute atomic E-state index is 0.353. The number of methoxy groups -OCH3 is 1. The minimum atomic E-state index is -0.353. The van der Waals surface area contributed by atoms with Crippen molar-refractivity contribution in [1.82, 2.24) is 0 Å². The first-order valence-electron chi connectivity index (χ1n) is 5.45. The van der Waals surface area contributed by atoms with Crippen LogP contribution in [-0.4, -0.2) is 19.1 Å². The summed E-state index contributed by atoms with van der Waals surface area (Å²) in [6.07, 6.45) is 3.50. The van der Waals surface area contributed by atoms with E-state index in [2.05, 4.69) is 5.32 Å². The van der Waals surface area contributed by atoms with Crippen molar-refractivity contribution in [2.24, 2.45) is 0 Å². The summed E-state index contributed by atoms with van der Waals surface area (Å²) in [6, 6.07) is 5.71. The largest absolute Gasteiger partial charge is 0.465 e. The standard InChI is InChI=1S/C12H16N2O2/c1-16-12(15)9-6-3-7-10(13)11(9)14-8-4-2-5-8/h3,6-8,14H,2,4-5,13H2,1H3. The lowest BCUT2D eigenvalue weighted by molar-refractivity contribution is 0.0602. The van der Waals surface area contributed by atoms with Crippen LogP contribution in [0.4, 0.5) is 11.4 Å². The van der Waals surface area contributed by atoms with Crippen LogP contribution in [0.25, 0.3) is 0 Å². The topological polar surface area (TPSA) is 64.3 Å². The summed E-state index contributed by atoms with van der Waals surface area (Å²) in [5.41, 5.74) is 7.68. The molecule has 0 unspecified atom stereocenters. The minimum Gasteiger partial charge on any atom is -0.465 e. The molecule has 0 atom stereocenters. The molecule has 0 spiro atoms. The van der Waals surface area contributed by atoms with Crippen LogP contribution in [0.1, 0.15) is 29.6 Å². The van der Waals surface area contributed by atoms with Crippen molar-refractivity contribution in [3.05, 3.63) is 23.8 Å². The van der Waals surface area contributed by atoms with Gasteiger partial charge in [0.15, 0.2) is 0 Å². The summed E-state index contributed by atoms with van der Waals surface area (Å²) < 4.78 is 4.73. The first kappa shape index (κ1) is 10.8. The number of ether oxygens (including phenoxy) is 1. The Hall–Kier alpha value is -1.71. The van der Waals surface area contributed by atoms with Crippen LogP contribution >= 0.6 is 0 Å². The summed E-state index contributed by atoms with van der Waals surface area (Å²) >= 11 is 0. The second-order valence-electron chi connectivity index (χ2n) is 4.03. The zero-order chi connectivity index (χ0) is 11.5. The summed E-state index contributed by atoms with van der Waals surface area (Å²) in [5.74, 6) is -0.353. The van der Waals surface area contributed by atoms with Gasteiger partial charge in [-0.25, -0.2) is 4.79 Å². The van der Waals surface area contributed by atoms with E-state index in [-0.39, 0.29) is 5.97 Å². The van der Waals surface area contributed by atoms with Crippen molar-refractivity contribution >= 4 is 17.3 Å². The Labute approximate surface area is 94.8 Å². The number of nitrogens with one attached hydrogen (secondary N) is 1. The predicted octanol–water partition coefficient (Wildman–Crippen LogP) is 2.02. The number of nitrogens with two attached hydrogens (primary N) is 1. The van der Waals surface area contributed by atoms with Gasteiger partial charge in [0.2, 0.25) is 0 Å². The molecule has 0 saturated heterocycles. The Bertz CT molecular complexity index is 400. The van der Waals surface area contributed by atoms with E-state index in [1.54, 1.807) is 18.2 Å². The molecule has 1 fully saturated rings. The molecule has 4 nitrogen and oxygen atoms in total.